The molecule has 2 heterocycles. The van der Waals surface area contributed by atoms with Gasteiger partial charge >= 0.3 is 5.69 Å². The molecular formula is C23H27N3O3. The summed E-state index contributed by atoms with van der Waals surface area (Å²) >= 11 is 0. The van der Waals surface area contributed by atoms with Crippen molar-refractivity contribution in [3.8, 4) is 5.75 Å². The van der Waals surface area contributed by atoms with Crippen LogP contribution in [0.4, 0.5) is 5.69 Å². The summed E-state index contributed by atoms with van der Waals surface area (Å²) in [5.41, 5.74) is 3.79. The van der Waals surface area contributed by atoms with E-state index in [1.807, 2.05) is 41.3 Å². The van der Waals surface area contributed by atoms with Gasteiger partial charge in [0.1, 0.15) is 5.75 Å². The van der Waals surface area contributed by atoms with Crippen molar-refractivity contribution in [2.75, 3.05) is 18.6 Å². The Balaban J connectivity index is 1.61. The van der Waals surface area contributed by atoms with Crippen LogP contribution in [0, 0.1) is 0 Å². The lowest BCUT2D eigenvalue weighted by molar-refractivity contribution is -0.118. The van der Waals surface area contributed by atoms with E-state index in [0.717, 1.165) is 47.3 Å². The third kappa shape index (κ3) is 3.43. The summed E-state index contributed by atoms with van der Waals surface area (Å²) in [6.45, 7) is 3.79. The monoisotopic (exact) mass is 393 g/mol. The second-order valence-electron chi connectivity index (χ2n) is 7.44. The highest BCUT2D eigenvalue weighted by Crippen LogP contribution is 2.36. The number of para-hydroxylation sites is 3. The first-order chi connectivity index (χ1) is 14.2. The van der Waals surface area contributed by atoms with E-state index in [0.29, 0.717) is 19.6 Å². The van der Waals surface area contributed by atoms with Crippen LogP contribution in [0.3, 0.4) is 0 Å². The number of carbonyl (C=O) groups is 1. The Morgan fingerprint density at radius 3 is 2.45 bits per heavy atom. The molecule has 2 aromatic carbocycles. The first-order valence-corrected chi connectivity index (χ1v) is 10.3. The average molecular weight is 393 g/mol. The second-order valence-corrected chi connectivity index (χ2v) is 7.44. The number of carbonyl (C=O) groups excluding carboxylic acids is 1. The van der Waals surface area contributed by atoms with E-state index in [4.69, 9.17) is 4.74 Å². The molecule has 6 heteroatoms. The summed E-state index contributed by atoms with van der Waals surface area (Å²) in [5.74, 6) is 0.752. The van der Waals surface area contributed by atoms with Gasteiger partial charge in [-0.15, -0.1) is 0 Å². The van der Waals surface area contributed by atoms with E-state index in [2.05, 4.69) is 13.0 Å². The molecule has 0 unspecified atom stereocenters. The van der Waals surface area contributed by atoms with E-state index < -0.39 is 0 Å². The van der Waals surface area contributed by atoms with Crippen LogP contribution in [0.25, 0.3) is 11.0 Å². The summed E-state index contributed by atoms with van der Waals surface area (Å²) in [6, 6.07) is 13.7. The fraction of sp³-hybridized carbons (Fsp3) is 0.391. The fourth-order valence-electron chi connectivity index (χ4n) is 4.30. The van der Waals surface area contributed by atoms with Crippen molar-refractivity contribution in [1.82, 2.24) is 9.13 Å². The van der Waals surface area contributed by atoms with Gasteiger partial charge in [0.25, 0.3) is 0 Å². The van der Waals surface area contributed by atoms with Crippen LogP contribution in [0.1, 0.15) is 31.7 Å². The molecule has 0 saturated heterocycles. The number of ether oxygens (including phenoxy) is 1. The lowest BCUT2D eigenvalue weighted by atomic mass is 10.0. The maximum atomic E-state index is 13.1. The first-order valence-electron chi connectivity index (χ1n) is 10.3. The first kappa shape index (κ1) is 19.3. The third-order valence-corrected chi connectivity index (χ3v) is 5.62. The van der Waals surface area contributed by atoms with Gasteiger partial charge in [-0.1, -0.05) is 31.2 Å². The van der Waals surface area contributed by atoms with Crippen molar-refractivity contribution in [3.63, 3.8) is 0 Å². The second kappa shape index (κ2) is 8.15. The highest BCUT2D eigenvalue weighted by Gasteiger charge is 2.26. The van der Waals surface area contributed by atoms with Gasteiger partial charge in [-0.05, 0) is 43.0 Å². The standard InChI is InChI=1S/C23H27N3O3/c1-3-14-24-18-10-4-5-11-19(18)25(23(24)28)16-13-21(27)26-15-7-9-17-8-6-12-20(29-2)22(17)26/h4-6,8,10-12H,3,7,9,13-16H2,1-2H3. The number of fused-ring (bicyclic) bond motifs is 2. The Kier molecular flexibility index (Phi) is 5.43. The number of hydrogen-bond donors (Lipinski definition) is 0. The van der Waals surface area contributed by atoms with Gasteiger partial charge in [0, 0.05) is 26.1 Å². The van der Waals surface area contributed by atoms with Crippen molar-refractivity contribution >= 4 is 22.6 Å². The molecule has 3 aromatic rings. The minimum atomic E-state index is -0.0440. The minimum absolute atomic E-state index is 0.0228. The zero-order chi connectivity index (χ0) is 20.4. The average Bonchev–Trinajstić information content (AvgIpc) is 3.02. The van der Waals surface area contributed by atoms with Gasteiger partial charge in [-0.25, -0.2) is 4.79 Å². The molecular weight excluding hydrogens is 366 g/mol. The molecule has 152 valence electrons. The van der Waals surface area contributed by atoms with Crippen molar-refractivity contribution in [2.45, 2.75) is 45.7 Å². The quantitative estimate of drug-likeness (QED) is 0.643. The maximum Gasteiger partial charge on any atom is 0.329 e. The molecule has 6 nitrogen and oxygen atoms in total. The number of methoxy groups -OCH3 is 1. The Morgan fingerprint density at radius 2 is 1.76 bits per heavy atom. The highest BCUT2D eigenvalue weighted by molar-refractivity contribution is 5.96. The molecule has 0 saturated carbocycles. The van der Waals surface area contributed by atoms with Crippen molar-refractivity contribution in [1.29, 1.82) is 0 Å². The molecule has 0 fully saturated rings. The van der Waals surface area contributed by atoms with Crippen LogP contribution in [0.5, 0.6) is 5.75 Å². The number of imidazole rings is 1. The predicted octanol–water partition coefficient (Wildman–Crippen LogP) is 3.59. The predicted molar refractivity (Wildman–Crippen MR) is 115 cm³/mol. The van der Waals surface area contributed by atoms with Crippen LogP contribution >= 0.6 is 0 Å². The number of benzene rings is 2. The molecule has 0 aliphatic carbocycles. The van der Waals surface area contributed by atoms with Gasteiger partial charge in [0.15, 0.2) is 0 Å². The number of rotatable bonds is 6. The van der Waals surface area contributed by atoms with Crippen LogP contribution < -0.4 is 15.3 Å². The number of aryl methyl sites for hydroxylation is 3. The number of aromatic nitrogens is 2. The summed E-state index contributed by atoms with van der Waals surface area (Å²) in [7, 11) is 1.63. The highest BCUT2D eigenvalue weighted by atomic mass is 16.5. The van der Waals surface area contributed by atoms with Gasteiger partial charge in [0.05, 0.1) is 23.8 Å². The number of nitrogens with zero attached hydrogens (tertiary/aromatic N) is 3. The van der Waals surface area contributed by atoms with Crippen molar-refractivity contribution < 1.29 is 9.53 Å². The van der Waals surface area contributed by atoms with Gasteiger partial charge in [-0.3, -0.25) is 13.9 Å². The molecule has 0 N–H and O–H groups in total. The molecule has 0 atom stereocenters. The van der Waals surface area contributed by atoms with E-state index in [1.165, 1.54) is 0 Å². The zero-order valence-corrected chi connectivity index (χ0v) is 17.1. The number of amides is 1. The SMILES string of the molecule is CCCn1c(=O)n(CCC(=O)N2CCCc3cccc(OC)c32)c2ccccc21. The third-order valence-electron chi connectivity index (χ3n) is 5.62. The molecule has 1 aliphatic rings. The molecule has 1 aliphatic heterocycles. The minimum Gasteiger partial charge on any atom is -0.495 e. The summed E-state index contributed by atoms with van der Waals surface area (Å²) in [6.07, 6.45) is 3.04. The Morgan fingerprint density at radius 1 is 1.03 bits per heavy atom. The Labute approximate surface area is 170 Å². The molecule has 1 aromatic heterocycles. The summed E-state index contributed by atoms with van der Waals surface area (Å²) in [4.78, 5) is 27.9. The van der Waals surface area contributed by atoms with Crippen molar-refractivity contribution in [2.24, 2.45) is 0 Å². The van der Waals surface area contributed by atoms with Crippen LogP contribution in [0.2, 0.25) is 0 Å². The number of hydrogen-bond acceptors (Lipinski definition) is 3. The normalized spacial score (nSPS) is 13.5. The van der Waals surface area contributed by atoms with E-state index in [-0.39, 0.29) is 18.0 Å². The zero-order valence-electron chi connectivity index (χ0n) is 17.1. The smallest absolute Gasteiger partial charge is 0.329 e. The lowest BCUT2D eigenvalue weighted by Gasteiger charge is -2.31. The van der Waals surface area contributed by atoms with Gasteiger partial charge in [0.2, 0.25) is 5.91 Å². The van der Waals surface area contributed by atoms with Crippen LogP contribution in [0.15, 0.2) is 47.3 Å². The van der Waals surface area contributed by atoms with Crippen LogP contribution in [-0.2, 0) is 24.3 Å². The summed E-state index contributed by atoms with van der Waals surface area (Å²) in [5, 5.41) is 0. The number of anilines is 1. The largest absolute Gasteiger partial charge is 0.495 e. The fourth-order valence-corrected chi connectivity index (χ4v) is 4.30. The molecule has 0 radical (unpaired) electrons. The van der Waals surface area contributed by atoms with E-state index >= 15 is 0 Å². The Hall–Kier alpha value is -3.02. The Bertz CT molecular complexity index is 1080. The molecule has 4 rings (SSSR count). The van der Waals surface area contributed by atoms with Gasteiger partial charge in [-0.2, -0.15) is 0 Å². The topological polar surface area (TPSA) is 56.5 Å². The molecule has 29 heavy (non-hydrogen) atoms. The van der Waals surface area contributed by atoms with E-state index in [1.54, 1.807) is 16.2 Å². The van der Waals surface area contributed by atoms with Crippen LogP contribution in [-0.4, -0.2) is 28.7 Å². The molecule has 0 spiro atoms. The molecule has 0 bridgehead atoms. The summed E-state index contributed by atoms with van der Waals surface area (Å²) < 4.78 is 9.05. The van der Waals surface area contributed by atoms with Crippen molar-refractivity contribution in [3.05, 3.63) is 58.5 Å². The van der Waals surface area contributed by atoms with E-state index in [9.17, 15) is 9.59 Å². The lowest BCUT2D eigenvalue weighted by Crippen LogP contribution is -2.37. The maximum absolute atomic E-state index is 13.1. The molecule has 1 amide bonds. The van der Waals surface area contributed by atoms with Gasteiger partial charge < -0.3 is 9.64 Å².